The van der Waals surface area contributed by atoms with Gasteiger partial charge in [0.1, 0.15) is 5.84 Å². The minimum Gasteiger partial charge on any atom is -0.332 e. The first-order valence-electron chi connectivity index (χ1n) is 6.47. The molecular weight excluding hydrogens is 226 g/mol. The van der Waals surface area contributed by atoms with Crippen LogP contribution in [0.3, 0.4) is 0 Å². The summed E-state index contributed by atoms with van der Waals surface area (Å²) in [6, 6.07) is 0.269. The number of guanidine groups is 1. The zero-order valence-electron chi connectivity index (χ0n) is 10.1. The van der Waals surface area contributed by atoms with Crippen molar-refractivity contribution in [1.29, 1.82) is 0 Å². The van der Waals surface area contributed by atoms with Crippen molar-refractivity contribution in [3.8, 4) is 0 Å². The molecule has 0 radical (unpaired) electrons. The molecular formula is C13H15N5. The van der Waals surface area contributed by atoms with Crippen LogP contribution in [0.1, 0.15) is 12.8 Å². The number of hydrogen-bond acceptors (Lipinski definition) is 5. The summed E-state index contributed by atoms with van der Waals surface area (Å²) < 4.78 is 0. The van der Waals surface area contributed by atoms with Gasteiger partial charge in [0.15, 0.2) is 6.17 Å². The zero-order chi connectivity index (χ0) is 11.9. The number of hydrogen-bond donors (Lipinski definition) is 0. The molecule has 0 aromatic heterocycles. The maximum atomic E-state index is 4.75. The van der Waals surface area contributed by atoms with Crippen LogP contribution in [0.25, 0.3) is 0 Å². The Kier molecular flexibility index (Phi) is 2.12. The minimum atomic E-state index is 0.141. The van der Waals surface area contributed by atoms with Crippen LogP contribution in [0.2, 0.25) is 0 Å². The highest BCUT2D eigenvalue weighted by Gasteiger charge is 2.40. The highest BCUT2D eigenvalue weighted by atomic mass is 15.4. The minimum absolute atomic E-state index is 0.141. The van der Waals surface area contributed by atoms with Crippen LogP contribution >= 0.6 is 0 Å². The van der Waals surface area contributed by atoms with Crippen LogP contribution in [0.5, 0.6) is 0 Å². The lowest BCUT2D eigenvalue weighted by molar-refractivity contribution is 0.267. The molecule has 92 valence electrons. The van der Waals surface area contributed by atoms with Gasteiger partial charge in [-0.15, -0.1) is 0 Å². The molecule has 0 spiro atoms. The molecule has 0 bridgehead atoms. The van der Waals surface area contributed by atoms with Gasteiger partial charge in [-0.2, -0.15) is 0 Å². The Balaban J connectivity index is 1.69. The standard InChI is InChI=1S/C13H15N5/c1-5-11(14-6-1)18-8-2-4-10-12(18)16-13-15-7-3-9-17(10)13/h2-4,7,9-10,12H,1,5-6,8H2. The second-order valence-corrected chi connectivity index (χ2v) is 4.84. The molecule has 4 aliphatic heterocycles. The van der Waals surface area contributed by atoms with Gasteiger partial charge in [-0.25, -0.2) is 9.98 Å². The van der Waals surface area contributed by atoms with Gasteiger partial charge in [-0.1, -0.05) is 12.2 Å². The monoisotopic (exact) mass is 241 g/mol. The molecule has 0 amide bonds. The second-order valence-electron chi connectivity index (χ2n) is 4.84. The third-order valence-corrected chi connectivity index (χ3v) is 3.77. The molecule has 0 aromatic carbocycles. The van der Waals surface area contributed by atoms with Crippen molar-refractivity contribution in [1.82, 2.24) is 9.80 Å². The van der Waals surface area contributed by atoms with Crippen LogP contribution in [0.4, 0.5) is 0 Å². The van der Waals surface area contributed by atoms with E-state index >= 15 is 0 Å². The Labute approximate surface area is 106 Å². The van der Waals surface area contributed by atoms with Gasteiger partial charge in [-0.3, -0.25) is 4.99 Å². The molecule has 4 aliphatic rings. The molecule has 5 nitrogen and oxygen atoms in total. The maximum Gasteiger partial charge on any atom is 0.227 e. The van der Waals surface area contributed by atoms with Crippen molar-refractivity contribution < 1.29 is 0 Å². The molecule has 2 unspecified atom stereocenters. The van der Waals surface area contributed by atoms with Crippen LogP contribution in [0.15, 0.2) is 39.4 Å². The summed E-state index contributed by atoms with van der Waals surface area (Å²) in [6.45, 7) is 1.88. The Bertz CT molecular complexity index is 513. The molecule has 0 saturated carbocycles. The second kappa shape index (κ2) is 3.80. The van der Waals surface area contributed by atoms with E-state index in [-0.39, 0.29) is 12.2 Å². The van der Waals surface area contributed by atoms with E-state index in [1.165, 1.54) is 12.3 Å². The van der Waals surface area contributed by atoms with Crippen molar-refractivity contribution in [2.75, 3.05) is 13.1 Å². The number of amidine groups is 1. The molecule has 4 heterocycles. The molecule has 0 saturated heterocycles. The lowest BCUT2D eigenvalue weighted by Crippen LogP contribution is -2.49. The fourth-order valence-corrected chi connectivity index (χ4v) is 2.93. The number of fused-ring (bicyclic) bond motifs is 3. The van der Waals surface area contributed by atoms with Crippen molar-refractivity contribution >= 4 is 18.0 Å². The highest BCUT2D eigenvalue weighted by molar-refractivity contribution is 5.96. The predicted octanol–water partition coefficient (Wildman–Crippen LogP) is 1.01. The van der Waals surface area contributed by atoms with Crippen molar-refractivity contribution in [2.45, 2.75) is 25.0 Å². The molecule has 2 atom stereocenters. The largest absolute Gasteiger partial charge is 0.332 e. The summed E-state index contributed by atoms with van der Waals surface area (Å²) >= 11 is 0. The molecule has 4 rings (SSSR count). The third-order valence-electron chi connectivity index (χ3n) is 3.77. The first-order chi connectivity index (χ1) is 8.93. The first-order valence-corrected chi connectivity index (χ1v) is 6.47. The van der Waals surface area contributed by atoms with Gasteiger partial charge < -0.3 is 9.80 Å². The van der Waals surface area contributed by atoms with Gasteiger partial charge in [-0.05, 0) is 12.5 Å². The average molecular weight is 241 g/mol. The van der Waals surface area contributed by atoms with E-state index in [1.807, 2.05) is 6.08 Å². The number of nitrogens with zero attached hydrogens (tertiary/aromatic N) is 5. The van der Waals surface area contributed by atoms with Crippen LogP contribution in [-0.2, 0) is 0 Å². The topological polar surface area (TPSA) is 43.6 Å². The van der Waals surface area contributed by atoms with Gasteiger partial charge in [0.2, 0.25) is 5.96 Å². The zero-order valence-corrected chi connectivity index (χ0v) is 10.1. The molecule has 5 heteroatoms. The number of rotatable bonds is 0. The Hall–Kier alpha value is -1.91. The first kappa shape index (κ1) is 10.1. The van der Waals surface area contributed by atoms with Crippen molar-refractivity contribution in [3.63, 3.8) is 0 Å². The SMILES string of the molecule is C1=CN2C(=NC3C2C=CCN3C2=NCCC2)N=C1. The fourth-order valence-electron chi connectivity index (χ4n) is 2.93. The Morgan fingerprint density at radius 1 is 1.33 bits per heavy atom. The van der Waals surface area contributed by atoms with Gasteiger partial charge >= 0.3 is 0 Å². The van der Waals surface area contributed by atoms with E-state index in [2.05, 4.69) is 38.1 Å². The Morgan fingerprint density at radius 3 is 3.22 bits per heavy atom. The van der Waals surface area contributed by atoms with E-state index in [1.54, 1.807) is 6.21 Å². The Morgan fingerprint density at radius 2 is 2.33 bits per heavy atom. The lowest BCUT2D eigenvalue weighted by atomic mass is 10.1. The summed E-state index contributed by atoms with van der Waals surface area (Å²) in [5.41, 5.74) is 0. The number of aliphatic imine (C=N–C) groups is 3. The van der Waals surface area contributed by atoms with E-state index in [9.17, 15) is 0 Å². The van der Waals surface area contributed by atoms with E-state index in [0.29, 0.717) is 0 Å². The van der Waals surface area contributed by atoms with E-state index in [0.717, 1.165) is 25.5 Å². The molecule has 0 aliphatic carbocycles. The molecule has 0 N–H and O–H groups in total. The van der Waals surface area contributed by atoms with Crippen molar-refractivity contribution in [2.24, 2.45) is 15.0 Å². The van der Waals surface area contributed by atoms with Crippen LogP contribution in [0, 0.1) is 0 Å². The normalized spacial score (nSPS) is 32.4. The molecule has 0 aromatic rings. The smallest absolute Gasteiger partial charge is 0.227 e. The van der Waals surface area contributed by atoms with Crippen LogP contribution < -0.4 is 0 Å². The lowest BCUT2D eigenvalue weighted by Gasteiger charge is -2.36. The highest BCUT2D eigenvalue weighted by Crippen LogP contribution is 2.28. The van der Waals surface area contributed by atoms with Gasteiger partial charge in [0, 0.05) is 31.9 Å². The third kappa shape index (κ3) is 1.36. The summed E-state index contributed by atoms with van der Waals surface area (Å²) in [5, 5.41) is 0. The van der Waals surface area contributed by atoms with Gasteiger partial charge in [0.05, 0.1) is 6.04 Å². The number of allylic oxidation sites excluding steroid dienone is 1. The summed E-state index contributed by atoms with van der Waals surface area (Å²) in [4.78, 5) is 18.2. The molecule has 18 heavy (non-hydrogen) atoms. The van der Waals surface area contributed by atoms with E-state index in [4.69, 9.17) is 4.99 Å². The molecule has 0 fully saturated rings. The summed E-state index contributed by atoms with van der Waals surface area (Å²) in [7, 11) is 0. The fraction of sp³-hybridized carbons (Fsp3) is 0.462. The van der Waals surface area contributed by atoms with Crippen LogP contribution in [-0.4, -0.2) is 53.1 Å². The quantitative estimate of drug-likeness (QED) is 0.594. The summed E-state index contributed by atoms with van der Waals surface area (Å²) in [5.74, 6) is 2.04. The van der Waals surface area contributed by atoms with Crippen molar-refractivity contribution in [3.05, 3.63) is 24.4 Å². The maximum absolute atomic E-state index is 4.75. The summed E-state index contributed by atoms with van der Waals surface area (Å²) in [6.07, 6.45) is 12.7. The van der Waals surface area contributed by atoms with Gasteiger partial charge in [0.25, 0.3) is 0 Å². The average Bonchev–Trinajstić information content (AvgIpc) is 3.05. The van der Waals surface area contributed by atoms with E-state index < -0.39 is 0 Å². The predicted molar refractivity (Wildman–Crippen MR) is 71.9 cm³/mol.